The van der Waals surface area contributed by atoms with Gasteiger partial charge in [-0.2, -0.15) is 4.52 Å². The summed E-state index contributed by atoms with van der Waals surface area (Å²) in [6, 6.07) is 9.19. The maximum absolute atomic E-state index is 12.7. The van der Waals surface area contributed by atoms with Crippen molar-refractivity contribution in [3.8, 4) is 34.3 Å². The molecule has 204 valence electrons. The van der Waals surface area contributed by atoms with Gasteiger partial charge >= 0.3 is 0 Å². The van der Waals surface area contributed by atoms with E-state index in [0.29, 0.717) is 57.5 Å². The van der Waals surface area contributed by atoms with E-state index in [4.69, 9.17) is 18.9 Å². The highest BCUT2D eigenvalue weighted by Gasteiger charge is 2.30. The summed E-state index contributed by atoms with van der Waals surface area (Å²) < 4.78 is 42.4. The number of benzene rings is 1. The molecule has 0 spiro atoms. The van der Waals surface area contributed by atoms with E-state index >= 15 is 0 Å². The Hall–Kier alpha value is -3.97. The molecule has 0 bridgehead atoms. The van der Waals surface area contributed by atoms with Crippen LogP contribution >= 0.6 is 11.3 Å². The number of nitrogens with zero attached hydrogens (tertiary/aromatic N) is 5. The molecule has 0 atom stereocenters. The first kappa shape index (κ1) is 26.6. The molecule has 0 amide bonds. The molecule has 0 aliphatic heterocycles. The minimum absolute atomic E-state index is 0.139. The minimum atomic E-state index is -3.38. The first-order valence-corrected chi connectivity index (χ1v) is 14.5. The van der Waals surface area contributed by atoms with Gasteiger partial charge in [0.05, 0.1) is 36.5 Å². The first-order chi connectivity index (χ1) is 18.6. The van der Waals surface area contributed by atoms with E-state index in [9.17, 15) is 8.42 Å². The van der Waals surface area contributed by atoms with E-state index in [2.05, 4.69) is 20.4 Å². The lowest BCUT2D eigenvalue weighted by Gasteiger charge is -2.17. The second-order valence-corrected chi connectivity index (χ2v) is 13.4. The molecule has 5 aromatic rings. The number of ether oxygens (including phenoxy) is 2. The predicted molar refractivity (Wildman–Crippen MR) is 149 cm³/mol. The van der Waals surface area contributed by atoms with Crippen molar-refractivity contribution in [1.82, 2.24) is 24.6 Å². The predicted octanol–water partition coefficient (Wildman–Crippen LogP) is 4.85. The third kappa shape index (κ3) is 5.32. The van der Waals surface area contributed by atoms with Crippen LogP contribution in [0.25, 0.3) is 28.5 Å². The molecular formula is C26H28N6O5S2. The number of hydrogen-bond acceptors (Lipinski definition) is 11. The summed E-state index contributed by atoms with van der Waals surface area (Å²) in [6.45, 7) is 5.49. The molecule has 0 fully saturated rings. The average molecular weight is 569 g/mol. The Kier molecular flexibility index (Phi) is 7.03. The molecule has 0 radical (unpaired) electrons. The van der Waals surface area contributed by atoms with Gasteiger partial charge in [-0.1, -0.05) is 6.07 Å². The number of fused-ring (bicyclic) bond motifs is 1. The number of hydrogen-bond donors (Lipinski definition) is 1. The van der Waals surface area contributed by atoms with Crippen LogP contribution in [0.5, 0.6) is 11.5 Å². The van der Waals surface area contributed by atoms with Crippen LogP contribution in [0.4, 0.5) is 5.95 Å². The smallest absolute Gasteiger partial charge is 0.226 e. The summed E-state index contributed by atoms with van der Waals surface area (Å²) >= 11 is 1.29. The Morgan fingerprint density at radius 3 is 2.59 bits per heavy atom. The summed E-state index contributed by atoms with van der Waals surface area (Å²) in [6.07, 6.45) is 3.21. The van der Waals surface area contributed by atoms with Crippen molar-refractivity contribution >= 4 is 32.8 Å². The molecule has 4 aromatic heterocycles. The lowest BCUT2D eigenvalue weighted by atomic mass is 10.2. The van der Waals surface area contributed by atoms with Crippen molar-refractivity contribution in [3.63, 3.8) is 0 Å². The zero-order chi connectivity index (χ0) is 27.8. The van der Waals surface area contributed by atoms with Crippen LogP contribution < -0.4 is 14.8 Å². The molecular weight excluding hydrogens is 540 g/mol. The van der Waals surface area contributed by atoms with E-state index in [-0.39, 0.29) is 5.75 Å². The monoisotopic (exact) mass is 568 g/mol. The minimum Gasteiger partial charge on any atom is -0.493 e. The summed E-state index contributed by atoms with van der Waals surface area (Å²) in [7, 11) is -0.196. The fraction of sp³-hybridized carbons (Fsp3) is 0.308. The number of thiazole rings is 1. The highest BCUT2D eigenvalue weighted by molar-refractivity contribution is 7.92. The molecule has 1 N–H and O–H groups in total. The second-order valence-electron chi connectivity index (χ2n) is 9.68. The number of rotatable bonds is 9. The second kappa shape index (κ2) is 10.3. The van der Waals surface area contributed by atoms with E-state index in [0.717, 1.165) is 5.56 Å². The van der Waals surface area contributed by atoms with E-state index in [1.807, 2.05) is 23.6 Å². The van der Waals surface area contributed by atoms with Crippen molar-refractivity contribution < 1.29 is 22.3 Å². The molecule has 39 heavy (non-hydrogen) atoms. The Morgan fingerprint density at radius 2 is 1.90 bits per heavy atom. The van der Waals surface area contributed by atoms with E-state index in [1.165, 1.54) is 11.3 Å². The molecule has 4 heterocycles. The highest BCUT2D eigenvalue weighted by atomic mass is 32.2. The van der Waals surface area contributed by atoms with Crippen LogP contribution in [-0.2, 0) is 22.1 Å². The zero-order valence-corrected chi connectivity index (χ0v) is 23.8. The number of aromatic nitrogens is 5. The number of anilines is 1. The standard InChI is InChI=1S/C26H28N6O5S2/c1-26(2,3)39(33,34)15-22-29-18(14-38-22)17-13-28-25(27-12-16-8-9-19(35-4)21(11-16)36-5)32-24(17)30-23(31-32)20-7-6-10-37-20/h6-11,13-14H,12,15H2,1-5H3,(H,27,28). The molecule has 5 rings (SSSR count). The van der Waals surface area contributed by atoms with Gasteiger partial charge in [0.1, 0.15) is 10.8 Å². The molecule has 0 saturated heterocycles. The molecule has 13 heteroatoms. The van der Waals surface area contributed by atoms with Crippen LogP contribution in [0, 0.1) is 0 Å². The maximum Gasteiger partial charge on any atom is 0.226 e. The summed E-state index contributed by atoms with van der Waals surface area (Å²) in [5.74, 6) is 2.47. The molecule has 0 aliphatic carbocycles. The molecule has 1 aromatic carbocycles. The van der Waals surface area contributed by atoms with Crippen molar-refractivity contribution in [3.05, 3.63) is 58.7 Å². The number of furan rings is 1. The van der Waals surface area contributed by atoms with Gasteiger partial charge in [0.2, 0.25) is 11.8 Å². The van der Waals surface area contributed by atoms with E-state index in [1.54, 1.807) is 64.1 Å². The van der Waals surface area contributed by atoms with Crippen LogP contribution in [-0.4, -0.2) is 52.0 Å². The van der Waals surface area contributed by atoms with Gasteiger partial charge in [0.25, 0.3) is 0 Å². The van der Waals surface area contributed by atoms with Crippen molar-refractivity contribution in [1.29, 1.82) is 0 Å². The number of nitrogens with one attached hydrogen (secondary N) is 1. The van der Waals surface area contributed by atoms with Gasteiger partial charge in [-0.15, -0.1) is 16.4 Å². The Morgan fingerprint density at radius 1 is 1.10 bits per heavy atom. The summed E-state index contributed by atoms with van der Waals surface area (Å²) in [5, 5.41) is 10.3. The van der Waals surface area contributed by atoms with Crippen molar-refractivity contribution in [2.45, 2.75) is 37.8 Å². The van der Waals surface area contributed by atoms with Gasteiger partial charge in [-0.3, -0.25) is 0 Å². The zero-order valence-electron chi connectivity index (χ0n) is 22.1. The van der Waals surface area contributed by atoms with Gasteiger partial charge in [-0.05, 0) is 50.6 Å². The Labute approximate surface area is 229 Å². The largest absolute Gasteiger partial charge is 0.493 e. The van der Waals surface area contributed by atoms with Crippen LogP contribution in [0.3, 0.4) is 0 Å². The highest BCUT2D eigenvalue weighted by Crippen LogP contribution is 2.31. The fourth-order valence-corrected chi connectivity index (χ4v) is 5.87. The topological polar surface area (TPSA) is 134 Å². The quantitative estimate of drug-likeness (QED) is 0.263. The SMILES string of the molecule is COc1ccc(CNc2ncc(-c3csc(CS(=O)(=O)C(C)(C)C)n3)c3nc(-c4ccco4)nn23)cc1OC. The summed E-state index contributed by atoms with van der Waals surface area (Å²) in [5.41, 5.74) is 2.64. The molecule has 0 unspecified atom stereocenters. The fourth-order valence-electron chi connectivity index (χ4n) is 3.74. The Balaban J connectivity index is 1.50. The number of methoxy groups -OCH3 is 2. The van der Waals surface area contributed by atoms with Gasteiger partial charge in [0.15, 0.2) is 32.7 Å². The Bertz CT molecular complexity index is 1720. The van der Waals surface area contributed by atoms with Crippen molar-refractivity contribution in [2.24, 2.45) is 0 Å². The first-order valence-electron chi connectivity index (χ1n) is 12.0. The summed E-state index contributed by atoms with van der Waals surface area (Å²) in [4.78, 5) is 13.9. The van der Waals surface area contributed by atoms with E-state index < -0.39 is 14.6 Å². The van der Waals surface area contributed by atoms with Gasteiger partial charge in [-0.25, -0.2) is 23.4 Å². The maximum atomic E-state index is 12.7. The van der Waals surface area contributed by atoms with Crippen molar-refractivity contribution in [2.75, 3.05) is 19.5 Å². The lowest BCUT2D eigenvalue weighted by Crippen LogP contribution is -2.29. The van der Waals surface area contributed by atoms with Crippen LogP contribution in [0.2, 0.25) is 0 Å². The normalized spacial score (nSPS) is 12.1. The molecule has 0 aliphatic rings. The third-order valence-electron chi connectivity index (χ3n) is 6.08. The average Bonchev–Trinajstić information content (AvgIpc) is 3.67. The van der Waals surface area contributed by atoms with Gasteiger partial charge in [0, 0.05) is 18.1 Å². The third-order valence-corrected chi connectivity index (χ3v) is 9.63. The van der Waals surface area contributed by atoms with Crippen LogP contribution in [0.1, 0.15) is 31.3 Å². The lowest BCUT2D eigenvalue weighted by molar-refractivity contribution is 0.354. The molecule has 11 nitrogen and oxygen atoms in total. The van der Waals surface area contributed by atoms with Crippen LogP contribution in [0.15, 0.2) is 52.6 Å². The molecule has 0 saturated carbocycles. The number of sulfone groups is 1. The van der Waals surface area contributed by atoms with Gasteiger partial charge < -0.3 is 19.2 Å².